The van der Waals surface area contributed by atoms with Gasteiger partial charge in [-0.3, -0.25) is 4.79 Å². The predicted octanol–water partition coefficient (Wildman–Crippen LogP) is 4.66. The quantitative estimate of drug-likeness (QED) is 0.291. The van der Waals surface area contributed by atoms with Gasteiger partial charge in [0, 0.05) is 42.7 Å². The first-order chi connectivity index (χ1) is 17.6. The molecule has 0 bridgehead atoms. The van der Waals surface area contributed by atoms with Crippen molar-refractivity contribution in [3.63, 3.8) is 0 Å². The van der Waals surface area contributed by atoms with Gasteiger partial charge in [-0.15, -0.1) is 0 Å². The highest BCUT2D eigenvalue weighted by molar-refractivity contribution is 6.11. The zero-order chi connectivity index (χ0) is 25.1. The van der Waals surface area contributed by atoms with E-state index in [1.165, 1.54) is 6.42 Å². The second-order valence-corrected chi connectivity index (χ2v) is 8.98. The minimum atomic E-state index is -0.296. The average Bonchev–Trinajstić information content (AvgIpc) is 3.58. The minimum absolute atomic E-state index is 0.0139. The van der Waals surface area contributed by atoms with Gasteiger partial charge in [-0.1, -0.05) is 26.2 Å². The third kappa shape index (κ3) is 4.64. The maximum absolute atomic E-state index is 12.8. The monoisotopic (exact) mass is 489 g/mol. The highest BCUT2D eigenvalue weighted by atomic mass is 16.5. The van der Waals surface area contributed by atoms with Crippen molar-refractivity contribution < 1.29 is 14.6 Å². The Morgan fingerprint density at radius 1 is 1.22 bits per heavy atom. The van der Waals surface area contributed by atoms with Crippen LogP contribution < -0.4 is 15.4 Å². The van der Waals surface area contributed by atoms with E-state index in [9.17, 15) is 9.90 Å². The van der Waals surface area contributed by atoms with Gasteiger partial charge in [0.05, 0.1) is 30.2 Å². The molecule has 0 unspecified atom stereocenters. The molecule has 3 heterocycles. The number of hydrogen-bond donors (Lipinski definition) is 3. The first kappa shape index (κ1) is 23.8. The molecule has 1 aliphatic rings. The van der Waals surface area contributed by atoms with E-state index in [1.807, 2.05) is 35.9 Å². The molecule has 3 aromatic heterocycles. The average molecular weight is 490 g/mol. The van der Waals surface area contributed by atoms with Crippen LogP contribution in [-0.2, 0) is 6.73 Å². The molecule has 10 heteroatoms. The van der Waals surface area contributed by atoms with Crippen molar-refractivity contribution in [1.29, 1.82) is 0 Å². The Kier molecular flexibility index (Phi) is 6.86. The Hall–Kier alpha value is -3.92. The molecule has 0 atom stereocenters. The fourth-order valence-electron chi connectivity index (χ4n) is 4.77. The summed E-state index contributed by atoms with van der Waals surface area (Å²) in [6.07, 6.45) is 13.0. The smallest absolute Gasteiger partial charge is 0.231 e. The number of rotatable bonds is 9. The summed E-state index contributed by atoms with van der Waals surface area (Å²) in [4.78, 5) is 26.4. The lowest BCUT2D eigenvalue weighted by molar-refractivity contribution is 0.0989. The number of ketones is 1. The summed E-state index contributed by atoms with van der Waals surface area (Å²) < 4.78 is 9.10. The molecule has 0 radical (unpaired) electrons. The van der Waals surface area contributed by atoms with E-state index < -0.39 is 0 Å². The Balaban J connectivity index is 1.57. The largest absolute Gasteiger partial charge is 0.494 e. The third-order valence-electron chi connectivity index (χ3n) is 6.67. The predicted molar refractivity (Wildman–Crippen MR) is 138 cm³/mol. The fourth-order valence-corrected chi connectivity index (χ4v) is 4.77. The van der Waals surface area contributed by atoms with Crippen molar-refractivity contribution in [2.75, 3.05) is 17.7 Å². The SMILES string of the molecule is CCC(=O)c1cn(CO)c2nc(Nc3ccc(-n4ccnc4)cc3OC)nc(NC3CCCCC3)c12. The number of methoxy groups -OCH3 is 1. The summed E-state index contributed by atoms with van der Waals surface area (Å²) in [6.45, 7) is 1.53. The molecule has 0 amide bonds. The summed E-state index contributed by atoms with van der Waals surface area (Å²) in [5, 5.41) is 17.5. The van der Waals surface area contributed by atoms with E-state index in [-0.39, 0.29) is 18.6 Å². The Labute approximate surface area is 209 Å². The van der Waals surface area contributed by atoms with Crippen LogP contribution in [0.15, 0.2) is 43.1 Å². The Morgan fingerprint density at radius 3 is 2.75 bits per heavy atom. The molecule has 188 valence electrons. The lowest BCUT2D eigenvalue weighted by Gasteiger charge is -2.24. The van der Waals surface area contributed by atoms with Gasteiger partial charge in [0.25, 0.3) is 0 Å². The van der Waals surface area contributed by atoms with Gasteiger partial charge >= 0.3 is 0 Å². The van der Waals surface area contributed by atoms with Gasteiger partial charge in [-0.25, -0.2) is 4.98 Å². The number of hydrogen-bond acceptors (Lipinski definition) is 8. The van der Waals surface area contributed by atoms with Gasteiger partial charge in [-0.05, 0) is 25.0 Å². The second kappa shape index (κ2) is 10.4. The van der Waals surface area contributed by atoms with E-state index in [0.29, 0.717) is 46.2 Å². The van der Waals surface area contributed by atoms with Crippen LogP contribution in [-0.4, -0.2) is 48.1 Å². The van der Waals surface area contributed by atoms with Gasteiger partial charge in [-0.2, -0.15) is 9.97 Å². The molecule has 0 aliphatic heterocycles. The molecule has 4 aromatic rings. The molecular weight excluding hydrogens is 458 g/mol. The fraction of sp³-hybridized carbons (Fsp3) is 0.385. The second-order valence-electron chi connectivity index (χ2n) is 8.98. The van der Waals surface area contributed by atoms with Crippen LogP contribution in [0.5, 0.6) is 5.75 Å². The number of ether oxygens (including phenoxy) is 1. The topological polar surface area (TPSA) is 119 Å². The van der Waals surface area contributed by atoms with E-state index >= 15 is 0 Å². The molecule has 5 rings (SSSR count). The minimum Gasteiger partial charge on any atom is -0.494 e. The van der Waals surface area contributed by atoms with E-state index in [1.54, 1.807) is 30.4 Å². The van der Waals surface area contributed by atoms with Crippen molar-refractivity contribution in [3.05, 3.63) is 48.7 Å². The van der Waals surface area contributed by atoms with E-state index in [4.69, 9.17) is 14.7 Å². The summed E-state index contributed by atoms with van der Waals surface area (Å²) in [5.41, 5.74) is 2.62. The van der Waals surface area contributed by atoms with E-state index in [0.717, 1.165) is 31.4 Å². The summed E-state index contributed by atoms with van der Waals surface area (Å²) >= 11 is 0. The molecule has 0 saturated heterocycles. The standard InChI is InChI=1S/C26H31N7O3/c1-3-21(35)19-14-33(16-34)25-23(19)24(28-17-7-5-4-6-8-17)30-26(31-25)29-20-10-9-18(13-22(20)36-2)32-12-11-27-15-32/h9-15,17,34H,3-8,16H2,1-2H3,(H2,28,29,30,31). The van der Waals surface area contributed by atoms with Crippen LogP contribution in [0.2, 0.25) is 0 Å². The molecule has 36 heavy (non-hydrogen) atoms. The third-order valence-corrected chi connectivity index (χ3v) is 6.67. The highest BCUT2D eigenvalue weighted by Crippen LogP contribution is 2.34. The van der Waals surface area contributed by atoms with Crippen LogP contribution in [0.3, 0.4) is 0 Å². The lowest BCUT2D eigenvalue weighted by atomic mass is 9.95. The lowest BCUT2D eigenvalue weighted by Crippen LogP contribution is -2.23. The van der Waals surface area contributed by atoms with Crippen LogP contribution in [0, 0.1) is 0 Å². The molecule has 0 spiro atoms. The van der Waals surface area contributed by atoms with Crippen molar-refractivity contribution in [3.8, 4) is 11.4 Å². The van der Waals surface area contributed by atoms with Crippen molar-refractivity contribution in [2.45, 2.75) is 58.2 Å². The van der Waals surface area contributed by atoms with Crippen LogP contribution >= 0.6 is 0 Å². The maximum Gasteiger partial charge on any atom is 0.231 e. The number of carbonyl (C=O) groups excluding carboxylic acids is 1. The first-order valence-electron chi connectivity index (χ1n) is 12.4. The maximum atomic E-state index is 12.8. The summed E-state index contributed by atoms with van der Waals surface area (Å²) in [5.74, 6) is 1.55. The molecule has 1 aliphatic carbocycles. The Bertz CT molecular complexity index is 1360. The molecule has 1 fully saturated rings. The van der Waals surface area contributed by atoms with Gasteiger partial charge in [0.2, 0.25) is 5.95 Å². The number of benzene rings is 1. The van der Waals surface area contributed by atoms with Gasteiger partial charge < -0.3 is 29.6 Å². The highest BCUT2D eigenvalue weighted by Gasteiger charge is 2.23. The van der Waals surface area contributed by atoms with Crippen molar-refractivity contribution in [2.24, 2.45) is 0 Å². The van der Waals surface area contributed by atoms with Crippen LogP contribution in [0.25, 0.3) is 16.7 Å². The number of aliphatic hydroxyl groups is 1. The molecule has 3 N–H and O–H groups in total. The summed E-state index contributed by atoms with van der Waals surface area (Å²) in [6, 6.07) is 6.02. The van der Waals surface area contributed by atoms with Crippen molar-refractivity contribution in [1.82, 2.24) is 24.1 Å². The molecular formula is C26H31N7O3. The van der Waals surface area contributed by atoms with Crippen LogP contribution in [0.1, 0.15) is 55.8 Å². The number of nitrogens with one attached hydrogen (secondary N) is 2. The number of imidazole rings is 1. The number of anilines is 3. The molecule has 1 saturated carbocycles. The van der Waals surface area contributed by atoms with Gasteiger partial charge in [0.1, 0.15) is 23.9 Å². The van der Waals surface area contributed by atoms with E-state index in [2.05, 4.69) is 15.6 Å². The van der Waals surface area contributed by atoms with Gasteiger partial charge in [0.15, 0.2) is 5.78 Å². The number of aromatic nitrogens is 5. The molecule has 1 aromatic carbocycles. The number of aliphatic hydroxyl groups excluding tert-OH is 1. The normalized spacial score (nSPS) is 14.2. The van der Waals surface area contributed by atoms with Crippen LogP contribution in [0.4, 0.5) is 17.5 Å². The summed E-state index contributed by atoms with van der Waals surface area (Å²) in [7, 11) is 1.61. The molecule has 10 nitrogen and oxygen atoms in total. The number of fused-ring (bicyclic) bond motifs is 1. The Morgan fingerprint density at radius 2 is 2.06 bits per heavy atom. The van der Waals surface area contributed by atoms with Crippen molar-refractivity contribution >= 4 is 34.3 Å². The zero-order valence-electron chi connectivity index (χ0n) is 20.6. The number of Topliss-reactive ketones (excluding diaryl/α,β-unsaturated/α-hetero) is 1. The number of nitrogens with zero attached hydrogens (tertiary/aromatic N) is 5. The first-order valence-corrected chi connectivity index (χ1v) is 12.4. The zero-order valence-corrected chi connectivity index (χ0v) is 20.6. The number of carbonyl (C=O) groups is 1.